The first-order valence-electron chi connectivity index (χ1n) is 5.97. The van der Waals surface area contributed by atoms with Crippen LogP contribution in [-0.4, -0.2) is 20.0 Å². The molecule has 8 heteroatoms. The predicted octanol–water partition coefficient (Wildman–Crippen LogP) is 2.69. The second-order valence-electron chi connectivity index (χ2n) is 4.42. The van der Waals surface area contributed by atoms with Gasteiger partial charge in [-0.2, -0.15) is 4.39 Å². The highest BCUT2D eigenvalue weighted by Gasteiger charge is 2.24. The van der Waals surface area contributed by atoms with Crippen molar-refractivity contribution in [3.05, 3.63) is 51.3 Å². The number of halogens is 2. The fraction of sp³-hybridized carbons (Fsp3) is 0.231. The molecule has 0 bridgehead atoms. The minimum Gasteiger partial charge on any atom is -0.389 e. The second-order valence-corrected chi connectivity index (χ2v) is 4.42. The SMILES string of the molecule is Cc1nc(-c2c(F)ccc([N+](=O)[O-])c2F)ncc1[C@@H](C)O. The van der Waals surface area contributed by atoms with Crippen molar-refractivity contribution >= 4 is 5.69 Å². The molecule has 0 aliphatic rings. The number of aromatic nitrogens is 2. The van der Waals surface area contributed by atoms with Crippen LogP contribution >= 0.6 is 0 Å². The summed E-state index contributed by atoms with van der Waals surface area (Å²) in [7, 11) is 0. The molecular weight excluding hydrogens is 284 g/mol. The Hall–Kier alpha value is -2.48. The van der Waals surface area contributed by atoms with E-state index in [0.717, 1.165) is 12.1 Å². The Bertz CT molecular complexity index is 720. The second kappa shape index (κ2) is 5.49. The first-order chi connectivity index (χ1) is 9.82. The van der Waals surface area contributed by atoms with Crippen LogP contribution in [0.25, 0.3) is 11.4 Å². The number of nitro groups is 1. The summed E-state index contributed by atoms with van der Waals surface area (Å²) in [6.45, 7) is 3.04. The molecule has 2 aromatic rings. The minimum atomic E-state index is -1.33. The van der Waals surface area contributed by atoms with Crippen molar-refractivity contribution < 1.29 is 18.8 Å². The van der Waals surface area contributed by atoms with Crippen LogP contribution in [0.3, 0.4) is 0 Å². The van der Waals surface area contributed by atoms with Crippen LogP contribution in [0, 0.1) is 28.7 Å². The van der Waals surface area contributed by atoms with Crippen LogP contribution in [0.15, 0.2) is 18.3 Å². The number of aliphatic hydroxyl groups is 1. The predicted molar refractivity (Wildman–Crippen MR) is 69.4 cm³/mol. The van der Waals surface area contributed by atoms with Gasteiger partial charge in [-0.3, -0.25) is 10.1 Å². The zero-order valence-electron chi connectivity index (χ0n) is 11.2. The average Bonchev–Trinajstić information content (AvgIpc) is 2.37. The summed E-state index contributed by atoms with van der Waals surface area (Å²) in [4.78, 5) is 17.4. The van der Waals surface area contributed by atoms with Gasteiger partial charge in [-0.1, -0.05) is 0 Å². The largest absolute Gasteiger partial charge is 0.389 e. The smallest absolute Gasteiger partial charge is 0.305 e. The molecule has 0 saturated carbocycles. The molecular formula is C13H11F2N3O3. The Balaban J connectivity index is 2.64. The number of hydrogen-bond acceptors (Lipinski definition) is 5. The Labute approximate surface area is 118 Å². The normalized spacial score (nSPS) is 12.2. The van der Waals surface area contributed by atoms with Crippen LogP contribution in [-0.2, 0) is 0 Å². The number of nitrogens with zero attached hydrogens (tertiary/aromatic N) is 3. The number of aryl methyl sites for hydroxylation is 1. The van der Waals surface area contributed by atoms with Crippen molar-refractivity contribution in [1.29, 1.82) is 0 Å². The van der Waals surface area contributed by atoms with Crippen LogP contribution < -0.4 is 0 Å². The van der Waals surface area contributed by atoms with E-state index in [0.29, 0.717) is 11.3 Å². The molecule has 1 atom stereocenters. The third kappa shape index (κ3) is 2.70. The standard InChI is InChI=1S/C13H11F2N3O3/c1-6-8(7(2)19)5-16-13(17-6)11-9(14)3-4-10(12(11)15)18(20)21/h3-5,7,19H,1-2H3/t7-/m1/s1. The molecule has 1 aromatic heterocycles. The van der Waals surface area contributed by atoms with Gasteiger partial charge in [0.15, 0.2) is 5.82 Å². The lowest BCUT2D eigenvalue weighted by Gasteiger charge is -2.10. The molecule has 6 nitrogen and oxygen atoms in total. The highest BCUT2D eigenvalue weighted by molar-refractivity contribution is 5.61. The van der Waals surface area contributed by atoms with Crippen LogP contribution in [0.1, 0.15) is 24.3 Å². The van der Waals surface area contributed by atoms with Crippen LogP contribution in [0.4, 0.5) is 14.5 Å². The highest BCUT2D eigenvalue weighted by atomic mass is 19.1. The molecule has 0 fully saturated rings. The Morgan fingerprint density at radius 3 is 2.57 bits per heavy atom. The van der Waals surface area contributed by atoms with Crippen LogP contribution in [0.5, 0.6) is 0 Å². The Morgan fingerprint density at radius 2 is 2.05 bits per heavy atom. The van der Waals surface area contributed by atoms with Crippen molar-refractivity contribution in [2.75, 3.05) is 0 Å². The number of hydrogen-bond donors (Lipinski definition) is 1. The fourth-order valence-electron chi connectivity index (χ4n) is 1.89. The quantitative estimate of drug-likeness (QED) is 0.694. The molecule has 110 valence electrons. The van der Waals surface area contributed by atoms with Gasteiger partial charge < -0.3 is 5.11 Å². The van der Waals surface area contributed by atoms with Crippen LogP contribution in [0.2, 0.25) is 0 Å². The highest BCUT2D eigenvalue weighted by Crippen LogP contribution is 2.30. The summed E-state index contributed by atoms with van der Waals surface area (Å²) in [6, 6.07) is 1.53. The molecule has 1 N–H and O–H groups in total. The van der Waals surface area contributed by atoms with Gasteiger partial charge >= 0.3 is 5.69 Å². The molecule has 21 heavy (non-hydrogen) atoms. The lowest BCUT2D eigenvalue weighted by atomic mass is 10.1. The number of aliphatic hydroxyl groups excluding tert-OH is 1. The van der Waals surface area contributed by atoms with Gasteiger partial charge in [0.05, 0.1) is 16.6 Å². The van der Waals surface area contributed by atoms with E-state index in [1.54, 1.807) is 6.92 Å². The van der Waals surface area contributed by atoms with E-state index in [4.69, 9.17) is 0 Å². The number of benzene rings is 1. The maximum atomic E-state index is 14.0. The third-order valence-corrected chi connectivity index (χ3v) is 2.96. The Morgan fingerprint density at radius 1 is 1.38 bits per heavy atom. The van der Waals surface area contributed by atoms with Crippen molar-refractivity contribution in [2.45, 2.75) is 20.0 Å². The summed E-state index contributed by atoms with van der Waals surface area (Å²) in [5.74, 6) is -2.64. The molecule has 0 spiro atoms. The van der Waals surface area contributed by atoms with E-state index in [2.05, 4.69) is 9.97 Å². The van der Waals surface area contributed by atoms with Gasteiger partial charge in [0.1, 0.15) is 5.82 Å². The molecule has 0 unspecified atom stereocenters. The number of rotatable bonds is 3. The molecule has 0 saturated heterocycles. The van der Waals surface area contributed by atoms with Gasteiger partial charge in [0.25, 0.3) is 0 Å². The monoisotopic (exact) mass is 295 g/mol. The third-order valence-electron chi connectivity index (χ3n) is 2.96. The first-order valence-corrected chi connectivity index (χ1v) is 5.97. The van der Waals surface area contributed by atoms with Crippen molar-refractivity contribution in [2.24, 2.45) is 0 Å². The van der Waals surface area contributed by atoms with Crippen molar-refractivity contribution in [1.82, 2.24) is 9.97 Å². The van der Waals surface area contributed by atoms with E-state index in [9.17, 15) is 24.0 Å². The van der Waals surface area contributed by atoms with E-state index in [1.807, 2.05) is 0 Å². The molecule has 0 aliphatic carbocycles. The van der Waals surface area contributed by atoms with E-state index < -0.39 is 33.9 Å². The summed E-state index contributed by atoms with van der Waals surface area (Å²) in [5, 5.41) is 20.2. The zero-order chi connectivity index (χ0) is 15.7. The molecule has 1 aromatic carbocycles. The number of nitro benzene ring substituents is 1. The zero-order valence-corrected chi connectivity index (χ0v) is 11.2. The maximum Gasteiger partial charge on any atom is 0.305 e. The minimum absolute atomic E-state index is 0.310. The molecule has 0 amide bonds. The lowest BCUT2D eigenvalue weighted by Crippen LogP contribution is -2.04. The maximum absolute atomic E-state index is 14.0. The fourth-order valence-corrected chi connectivity index (χ4v) is 1.89. The van der Waals surface area contributed by atoms with E-state index in [1.165, 1.54) is 13.1 Å². The Kier molecular flexibility index (Phi) is 3.90. The summed E-state index contributed by atoms with van der Waals surface area (Å²) >= 11 is 0. The molecule has 2 rings (SSSR count). The summed E-state index contributed by atoms with van der Waals surface area (Å²) < 4.78 is 27.8. The van der Waals surface area contributed by atoms with Gasteiger partial charge in [-0.05, 0) is 19.9 Å². The summed E-state index contributed by atoms with van der Waals surface area (Å²) in [6.07, 6.45) is 0.402. The molecule has 0 aliphatic heterocycles. The van der Waals surface area contributed by atoms with Gasteiger partial charge in [-0.15, -0.1) is 0 Å². The first kappa shape index (κ1) is 14.9. The molecule has 1 heterocycles. The van der Waals surface area contributed by atoms with Gasteiger partial charge in [0.2, 0.25) is 5.82 Å². The molecule has 0 radical (unpaired) electrons. The lowest BCUT2D eigenvalue weighted by molar-refractivity contribution is -0.387. The van der Waals surface area contributed by atoms with Gasteiger partial charge in [0, 0.05) is 23.5 Å². The summed E-state index contributed by atoms with van der Waals surface area (Å²) in [5.41, 5.74) is -0.776. The van der Waals surface area contributed by atoms with Gasteiger partial charge in [-0.25, -0.2) is 14.4 Å². The van der Waals surface area contributed by atoms with E-state index >= 15 is 0 Å². The topological polar surface area (TPSA) is 89.2 Å². The van der Waals surface area contributed by atoms with Crippen molar-refractivity contribution in [3.63, 3.8) is 0 Å². The average molecular weight is 295 g/mol. The van der Waals surface area contributed by atoms with Crippen molar-refractivity contribution in [3.8, 4) is 11.4 Å². The van der Waals surface area contributed by atoms with E-state index in [-0.39, 0.29) is 5.82 Å².